The van der Waals surface area contributed by atoms with Gasteiger partial charge in [0.2, 0.25) is 0 Å². The van der Waals surface area contributed by atoms with E-state index in [1.54, 1.807) is 19.2 Å². The van der Waals surface area contributed by atoms with Gasteiger partial charge < -0.3 is 20.1 Å². The van der Waals surface area contributed by atoms with Crippen LogP contribution in [0.3, 0.4) is 0 Å². The van der Waals surface area contributed by atoms with Crippen LogP contribution in [-0.4, -0.2) is 50.2 Å². The molecule has 1 heterocycles. The van der Waals surface area contributed by atoms with Crippen molar-refractivity contribution in [3.8, 4) is 0 Å². The van der Waals surface area contributed by atoms with Crippen LogP contribution in [0.15, 0.2) is 42.6 Å². The van der Waals surface area contributed by atoms with Crippen molar-refractivity contribution in [3.63, 3.8) is 0 Å². The molecule has 0 spiro atoms. The molecule has 8 heteroatoms. The van der Waals surface area contributed by atoms with Crippen molar-refractivity contribution in [3.05, 3.63) is 65.2 Å². The van der Waals surface area contributed by atoms with Gasteiger partial charge in [-0.05, 0) is 29.8 Å². The summed E-state index contributed by atoms with van der Waals surface area (Å²) in [5.41, 5.74) is 1.34. The molecule has 0 aliphatic carbocycles. The summed E-state index contributed by atoms with van der Waals surface area (Å²) in [6, 6.07) is 8.98. The number of halogens is 1. The zero-order valence-corrected chi connectivity index (χ0v) is 15.0. The molecule has 2 N–H and O–H groups in total. The van der Waals surface area contributed by atoms with Gasteiger partial charge in [0.15, 0.2) is 0 Å². The van der Waals surface area contributed by atoms with Gasteiger partial charge in [-0.25, -0.2) is 4.39 Å². The topological polar surface area (TPSA) is 89.5 Å². The zero-order valence-electron chi connectivity index (χ0n) is 15.0. The first kappa shape index (κ1) is 20.5. The molecule has 2 rings (SSSR count). The monoisotopic (exact) mass is 375 g/mol. The molecule has 0 saturated carbocycles. The second-order valence-electron chi connectivity index (χ2n) is 5.61. The average Bonchev–Trinajstić information content (AvgIpc) is 2.69. The van der Waals surface area contributed by atoms with Gasteiger partial charge in [-0.3, -0.25) is 14.6 Å². The third kappa shape index (κ3) is 7.12. The molecule has 0 radical (unpaired) electrons. The van der Waals surface area contributed by atoms with Gasteiger partial charge in [-0.2, -0.15) is 0 Å². The summed E-state index contributed by atoms with van der Waals surface area (Å²) in [5.74, 6) is -0.992. The zero-order chi connectivity index (χ0) is 19.5. The van der Waals surface area contributed by atoms with Crippen LogP contribution in [0.1, 0.15) is 26.4 Å². The number of hydrogen-bond donors (Lipinski definition) is 2. The predicted molar refractivity (Wildman–Crippen MR) is 96.8 cm³/mol. The number of nitrogens with one attached hydrogen (secondary N) is 2. The number of carbonyl (C=O) groups excluding carboxylic acids is 2. The highest BCUT2D eigenvalue weighted by Gasteiger charge is 2.11. The Morgan fingerprint density at radius 3 is 2.48 bits per heavy atom. The third-order valence-corrected chi connectivity index (χ3v) is 3.56. The number of rotatable bonds is 10. The van der Waals surface area contributed by atoms with Gasteiger partial charge in [-0.1, -0.05) is 12.1 Å². The average molecular weight is 375 g/mol. The largest absolute Gasteiger partial charge is 0.383 e. The molecule has 2 amide bonds. The molecule has 0 aliphatic heterocycles. The van der Waals surface area contributed by atoms with Crippen molar-refractivity contribution in [2.24, 2.45) is 0 Å². The first-order valence-electron chi connectivity index (χ1n) is 8.43. The van der Waals surface area contributed by atoms with E-state index in [1.807, 2.05) is 0 Å². The van der Waals surface area contributed by atoms with Gasteiger partial charge >= 0.3 is 0 Å². The van der Waals surface area contributed by atoms with E-state index in [1.165, 1.54) is 30.5 Å². The summed E-state index contributed by atoms with van der Waals surface area (Å²) < 4.78 is 23.1. The quantitative estimate of drug-likeness (QED) is 0.615. The van der Waals surface area contributed by atoms with E-state index in [9.17, 15) is 14.0 Å². The molecule has 144 valence electrons. The van der Waals surface area contributed by atoms with Crippen LogP contribution in [0.4, 0.5) is 4.39 Å². The Morgan fingerprint density at radius 1 is 1.04 bits per heavy atom. The van der Waals surface area contributed by atoms with E-state index >= 15 is 0 Å². The molecule has 0 aliphatic rings. The summed E-state index contributed by atoms with van der Waals surface area (Å²) in [4.78, 5) is 28.1. The van der Waals surface area contributed by atoms with Crippen LogP contribution >= 0.6 is 0 Å². The number of carbonyl (C=O) groups is 2. The standard InChI is InChI=1S/C19H22FN3O4/c1-26-10-8-23-19(25)17-12-15(6-7-21-17)18(24)22-9-11-27-13-14-2-4-16(20)5-3-14/h2-7,12H,8-11,13H2,1H3,(H,22,24)(H,23,25). The van der Waals surface area contributed by atoms with Crippen molar-refractivity contribution in [2.45, 2.75) is 6.61 Å². The molecule has 1 aromatic heterocycles. The Bertz CT molecular complexity index is 753. The maximum atomic E-state index is 12.8. The molecule has 7 nitrogen and oxygen atoms in total. The van der Waals surface area contributed by atoms with Crippen molar-refractivity contribution < 1.29 is 23.5 Å². The highest BCUT2D eigenvalue weighted by Crippen LogP contribution is 2.04. The predicted octanol–water partition coefficient (Wildman–Crippen LogP) is 1.54. The normalized spacial score (nSPS) is 10.4. The minimum absolute atomic E-state index is 0.159. The van der Waals surface area contributed by atoms with Gasteiger partial charge in [0, 0.05) is 32.0 Å². The van der Waals surface area contributed by atoms with Crippen molar-refractivity contribution >= 4 is 11.8 Å². The lowest BCUT2D eigenvalue weighted by Crippen LogP contribution is -2.29. The lowest BCUT2D eigenvalue weighted by Gasteiger charge is -2.08. The minimum atomic E-state index is -0.371. The third-order valence-electron chi connectivity index (χ3n) is 3.56. The van der Waals surface area contributed by atoms with Crippen molar-refractivity contribution in [2.75, 3.05) is 33.4 Å². The Labute approximate surface area is 156 Å². The fourth-order valence-electron chi connectivity index (χ4n) is 2.16. The summed E-state index contributed by atoms with van der Waals surface area (Å²) >= 11 is 0. The Hall–Kier alpha value is -2.84. The first-order chi connectivity index (χ1) is 13.1. The van der Waals surface area contributed by atoms with Crippen LogP contribution in [-0.2, 0) is 16.1 Å². The number of ether oxygens (including phenoxy) is 2. The fraction of sp³-hybridized carbons (Fsp3) is 0.316. The van der Waals surface area contributed by atoms with E-state index in [0.717, 1.165) is 5.56 Å². The maximum Gasteiger partial charge on any atom is 0.269 e. The molecule has 0 fully saturated rings. The summed E-state index contributed by atoms with van der Waals surface area (Å²) in [7, 11) is 1.54. The van der Waals surface area contributed by atoms with Crippen LogP contribution in [0, 0.1) is 5.82 Å². The van der Waals surface area contributed by atoms with E-state index < -0.39 is 0 Å². The molecular formula is C19H22FN3O4. The second kappa shape index (κ2) is 11.0. The summed E-state index contributed by atoms with van der Waals surface area (Å²) in [5, 5.41) is 5.35. The second-order valence-corrected chi connectivity index (χ2v) is 5.61. The van der Waals surface area contributed by atoms with Gasteiger partial charge in [-0.15, -0.1) is 0 Å². The highest BCUT2D eigenvalue weighted by atomic mass is 19.1. The van der Waals surface area contributed by atoms with Crippen molar-refractivity contribution in [1.82, 2.24) is 15.6 Å². The number of amides is 2. The van der Waals surface area contributed by atoms with Crippen LogP contribution in [0.2, 0.25) is 0 Å². The fourth-order valence-corrected chi connectivity index (χ4v) is 2.16. The number of hydrogen-bond acceptors (Lipinski definition) is 5. The first-order valence-corrected chi connectivity index (χ1v) is 8.43. The Kier molecular flexibility index (Phi) is 8.34. The SMILES string of the molecule is COCCNC(=O)c1cc(C(=O)NCCOCc2ccc(F)cc2)ccn1. The number of aromatic nitrogens is 1. The van der Waals surface area contributed by atoms with Crippen LogP contribution in [0.25, 0.3) is 0 Å². The molecule has 2 aromatic rings. The summed E-state index contributed by atoms with van der Waals surface area (Å²) in [6.45, 7) is 1.69. The molecule has 0 saturated heterocycles. The molecule has 27 heavy (non-hydrogen) atoms. The number of nitrogens with zero attached hydrogens (tertiary/aromatic N) is 1. The lowest BCUT2D eigenvalue weighted by atomic mass is 10.2. The number of pyridine rings is 1. The minimum Gasteiger partial charge on any atom is -0.383 e. The Balaban J connectivity index is 1.74. The molecular weight excluding hydrogens is 353 g/mol. The van der Waals surface area contributed by atoms with Gasteiger partial charge in [0.1, 0.15) is 11.5 Å². The van der Waals surface area contributed by atoms with E-state index in [2.05, 4.69) is 15.6 Å². The Morgan fingerprint density at radius 2 is 1.74 bits per heavy atom. The summed E-state index contributed by atoms with van der Waals surface area (Å²) in [6.07, 6.45) is 1.41. The van der Waals surface area contributed by atoms with Gasteiger partial charge in [0.05, 0.1) is 19.8 Å². The smallest absolute Gasteiger partial charge is 0.269 e. The number of methoxy groups -OCH3 is 1. The van der Waals surface area contributed by atoms with E-state index in [0.29, 0.717) is 38.5 Å². The molecule has 0 atom stereocenters. The van der Waals surface area contributed by atoms with Crippen LogP contribution in [0.5, 0.6) is 0 Å². The molecule has 0 unspecified atom stereocenters. The number of benzene rings is 1. The lowest BCUT2D eigenvalue weighted by molar-refractivity contribution is 0.0900. The van der Waals surface area contributed by atoms with E-state index in [-0.39, 0.29) is 23.3 Å². The van der Waals surface area contributed by atoms with Crippen molar-refractivity contribution in [1.29, 1.82) is 0 Å². The molecule has 0 bridgehead atoms. The van der Waals surface area contributed by atoms with Crippen LogP contribution < -0.4 is 10.6 Å². The highest BCUT2D eigenvalue weighted by molar-refractivity contribution is 5.98. The molecule has 1 aromatic carbocycles. The maximum absolute atomic E-state index is 12.8. The van der Waals surface area contributed by atoms with Gasteiger partial charge in [0.25, 0.3) is 11.8 Å². The van der Waals surface area contributed by atoms with E-state index in [4.69, 9.17) is 9.47 Å².